The first kappa shape index (κ1) is 52.1. The van der Waals surface area contributed by atoms with Gasteiger partial charge in [-0.3, -0.25) is 0 Å². The van der Waals surface area contributed by atoms with Gasteiger partial charge in [-0.2, -0.15) is 0 Å². The maximum Gasteiger partial charge on any atom is 2.00 e. The Morgan fingerprint density at radius 2 is 0.833 bits per heavy atom. The maximum absolute atomic E-state index is 9.34. The second-order valence-electron chi connectivity index (χ2n) is 1.99. The third-order valence-corrected chi connectivity index (χ3v) is 0.682. The number of hydrogen-bond donors (Lipinski definition) is 2. The van der Waals surface area contributed by atoms with Gasteiger partial charge in [-0.1, -0.05) is 0 Å². The summed E-state index contributed by atoms with van der Waals surface area (Å²) in [6, 6.07) is 0. The summed E-state index contributed by atoms with van der Waals surface area (Å²) in [7, 11) is 0. The fraction of sp³-hybridized carbons (Fsp3) is 0.667. The molecule has 12 heteroatoms. The second kappa shape index (κ2) is 30.2. The van der Waals surface area contributed by atoms with Crippen LogP contribution in [0.15, 0.2) is 0 Å². The molecule has 0 aromatic heterocycles. The standard InChI is InChI=1S/2C3H6O3.Ca.5H2O/c2*1-2(4)3(5)6;;;;;;/h2*2,4H,1H3,(H,5,6);;5*1H2/q;;+2;;;;;/p-2/t2*2-;;;;;;/m00....../s1. The van der Waals surface area contributed by atoms with Gasteiger partial charge in [0.05, 0.1) is 24.1 Å². The zero-order valence-electron chi connectivity index (χ0n) is 9.89. The predicted octanol–water partition coefficient (Wildman–Crippen LogP) is -8.27. The molecule has 0 rings (SSSR count). The van der Waals surface area contributed by atoms with E-state index in [2.05, 4.69) is 0 Å². The molecule has 0 fully saturated rings. The van der Waals surface area contributed by atoms with E-state index in [1.807, 2.05) is 0 Å². The Labute approximate surface area is 133 Å². The molecule has 0 aliphatic heterocycles. The first-order valence-electron chi connectivity index (χ1n) is 3.06. The molecule has 11 nitrogen and oxygen atoms in total. The van der Waals surface area contributed by atoms with E-state index in [9.17, 15) is 19.8 Å². The molecule has 12 N–H and O–H groups in total. The van der Waals surface area contributed by atoms with Crippen LogP contribution >= 0.6 is 0 Å². The fourth-order valence-electron chi connectivity index (χ4n) is 0. The first-order valence-corrected chi connectivity index (χ1v) is 3.06. The zero-order chi connectivity index (χ0) is 10.3. The summed E-state index contributed by atoms with van der Waals surface area (Å²) in [5.41, 5.74) is 0. The minimum Gasteiger partial charge on any atom is -0.547 e. The van der Waals surface area contributed by atoms with E-state index < -0.39 is 24.1 Å². The van der Waals surface area contributed by atoms with Gasteiger partial charge in [0, 0.05) is 0 Å². The van der Waals surface area contributed by atoms with Gasteiger partial charge in [0.2, 0.25) is 0 Å². The van der Waals surface area contributed by atoms with E-state index >= 15 is 0 Å². The van der Waals surface area contributed by atoms with Crippen LogP contribution in [-0.4, -0.2) is 99.5 Å². The van der Waals surface area contributed by atoms with Crippen molar-refractivity contribution in [1.82, 2.24) is 0 Å². The van der Waals surface area contributed by atoms with Crippen LogP contribution in [0.4, 0.5) is 0 Å². The third kappa shape index (κ3) is 56.5. The summed E-state index contributed by atoms with van der Waals surface area (Å²) in [4.78, 5) is 18.7. The van der Waals surface area contributed by atoms with Gasteiger partial charge in [0.25, 0.3) is 0 Å². The van der Waals surface area contributed by atoms with Crippen molar-refractivity contribution in [3.63, 3.8) is 0 Å². The number of aliphatic hydroxyl groups is 2. The van der Waals surface area contributed by atoms with Crippen molar-refractivity contribution in [3.05, 3.63) is 0 Å². The molecule has 18 heavy (non-hydrogen) atoms. The molecule has 0 unspecified atom stereocenters. The Balaban J connectivity index is -0.0000000139. The molecule has 0 spiro atoms. The van der Waals surface area contributed by atoms with Crippen molar-refractivity contribution in [1.29, 1.82) is 0 Å². The van der Waals surface area contributed by atoms with E-state index in [0.29, 0.717) is 0 Å². The van der Waals surface area contributed by atoms with Gasteiger partial charge in [-0.15, -0.1) is 0 Å². The normalized spacial score (nSPS) is 9.11. The maximum atomic E-state index is 9.34. The van der Waals surface area contributed by atoms with Crippen molar-refractivity contribution in [3.8, 4) is 0 Å². The minimum atomic E-state index is -1.44. The van der Waals surface area contributed by atoms with Gasteiger partial charge < -0.3 is 57.4 Å². The van der Waals surface area contributed by atoms with Crippen LogP contribution in [0.2, 0.25) is 0 Å². The first-order chi connectivity index (χ1) is 5.29. The molecule has 0 aliphatic rings. The Hall–Kier alpha value is -0.0803. The number of aliphatic hydroxyl groups excluding tert-OH is 2. The fourth-order valence-corrected chi connectivity index (χ4v) is 0. The number of carboxylic acids is 2. The molecule has 0 amide bonds. The van der Waals surface area contributed by atoms with E-state index in [4.69, 9.17) is 10.2 Å². The molecule has 0 heterocycles. The number of hydrogen-bond acceptors (Lipinski definition) is 6. The van der Waals surface area contributed by atoms with Crippen LogP contribution in [0.3, 0.4) is 0 Å². The van der Waals surface area contributed by atoms with Crippen molar-refractivity contribution in [2.75, 3.05) is 0 Å². The number of aliphatic carboxylic acids is 2. The zero-order valence-corrected chi connectivity index (χ0v) is 12.1. The van der Waals surface area contributed by atoms with Gasteiger partial charge >= 0.3 is 37.7 Å². The SMILES string of the molecule is C[C@H](O)C(=O)[O-].C[C@H](O)C(=O)[O-].O.O.O.O.O.[Ca+2]. The van der Waals surface area contributed by atoms with Crippen molar-refractivity contribution in [2.45, 2.75) is 26.1 Å². The van der Waals surface area contributed by atoms with Crippen molar-refractivity contribution < 1.29 is 57.4 Å². The topological polar surface area (TPSA) is 278 Å². The van der Waals surface area contributed by atoms with E-state index in [1.165, 1.54) is 0 Å². The van der Waals surface area contributed by atoms with Gasteiger partial charge in [-0.25, -0.2) is 0 Å². The number of carbonyl (C=O) groups is 2. The summed E-state index contributed by atoms with van der Waals surface area (Å²) in [5, 5.41) is 34.6. The van der Waals surface area contributed by atoms with Gasteiger partial charge in [0.15, 0.2) is 0 Å². The summed E-state index contributed by atoms with van der Waals surface area (Å²) < 4.78 is 0. The molecular formula is C6H20CaO11. The quantitative estimate of drug-likeness (QED) is 0.466. The molecule has 0 aromatic rings. The molecular weight excluding hydrogens is 288 g/mol. The summed E-state index contributed by atoms with van der Waals surface area (Å²) in [6.45, 7) is 2.27. The largest absolute Gasteiger partial charge is 2.00 e. The van der Waals surface area contributed by atoms with Crippen LogP contribution < -0.4 is 10.2 Å². The average Bonchev–Trinajstić information content (AvgIpc) is 1.88. The van der Waals surface area contributed by atoms with Crippen LogP contribution in [0, 0.1) is 0 Å². The van der Waals surface area contributed by atoms with E-state index in [0.717, 1.165) is 13.8 Å². The number of carbonyl (C=O) groups excluding carboxylic acids is 2. The monoisotopic (exact) mass is 308 g/mol. The number of carboxylic acid groups (broad SMARTS) is 2. The molecule has 0 radical (unpaired) electrons. The average molecular weight is 308 g/mol. The number of rotatable bonds is 2. The Morgan fingerprint density at radius 1 is 0.778 bits per heavy atom. The molecule has 112 valence electrons. The molecule has 0 saturated carbocycles. The molecule has 0 aromatic carbocycles. The molecule has 0 saturated heterocycles. The molecule has 0 bridgehead atoms. The van der Waals surface area contributed by atoms with Crippen LogP contribution in [-0.2, 0) is 9.59 Å². The summed E-state index contributed by atoms with van der Waals surface area (Å²) in [5.74, 6) is -2.87. The summed E-state index contributed by atoms with van der Waals surface area (Å²) >= 11 is 0. The van der Waals surface area contributed by atoms with Crippen LogP contribution in [0.5, 0.6) is 0 Å². The molecule has 0 aliphatic carbocycles. The van der Waals surface area contributed by atoms with E-state index in [1.54, 1.807) is 0 Å². The summed E-state index contributed by atoms with van der Waals surface area (Å²) in [6.07, 6.45) is -2.69. The Bertz CT molecular complexity index is 142. The van der Waals surface area contributed by atoms with E-state index in [-0.39, 0.29) is 65.1 Å². The van der Waals surface area contributed by atoms with Crippen LogP contribution in [0.25, 0.3) is 0 Å². The van der Waals surface area contributed by atoms with Gasteiger partial charge in [0.1, 0.15) is 0 Å². The molecule has 2 atom stereocenters. The van der Waals surface area contributed by atoms with Crippen molar-refractivity contribution in [2.24, 2.45) is 0 Å². The van der Waals surface area contributed by atoms with Crippen molar-refractivity contribution >= 4 is 49.7 Å². The van der Waals surface area contributed by atoms with Crippen LogP contribution in [0.1, 0.15) is 13.8 Å². The third-order valence-electron chi connectivity index (χ3n) is 0.682. The second-order valence-corrected chi connectivity index (χ2v) is 1.99. The Morgan fingerprint density at radius 3 is 0.833 bits per heavy atom. The minimum absolute atomic E-state index is 0. The predicted molar refractivity (Wildman–Crippen MR) is 57.2 cm³/mol. The van der Waals surface area contributed by atoms with Gasteiger partial charge in [-0.05, 0) is 13.8 Å². The smallest absolute Gasteiger partial charge is 0.547 e. The Kier molecular flexibility index (Phi) is 87.4.